The van der Waals surface area contributed by atoms with E-state index in [4.69, 9.17) is 17.3 Å². The molecule has 0 aliphatic rings. The molecule has 1 aromatic carbocycles. The van der Waals surface area contributed by atoms with E-state index >= 15 is 0 Å². The smallest absolute Gasteiger partial charge is 0.182 e. The number of anilines is 1. The molecule has 0 saturated heterocycles. The lowest BCUT2D eigenvalue weighted by Crippen LogP contribution is -1.96. The van der Waals surface area contributed by atoms with Crippen LogP contribution in [0.5, 0.6) is 0 Å². The Kier molecular flexibility index (Phi) is 2.69. The Morgan fingerprint density at radius 1 is 1.29 bits per heavy atom. The molecule has 8 heteroatoms. The first kappa shape index (κ1) is 12.4. The number of rotatable bonds is 2. The van der Waals surface area contributed by atoms with Gasteiger partial charge in [0.1, 0.15) is 11.0 Å². The molecule has 0 saturated carbocycles. The number of halogens is 1. The van der Waals surface area contributed by atoms with Gasteiger partial charge in [-0.2, -0.15) is 5.10 Å². The largest absolute Gasteiger partial charge is 0.375 e. The number of nitrogens with two attached hydrogens (primary N) is 1. The highest BCUT2D eigenvalue weighted by atomic mass is 35.5. The average Bonchev–Trinajstić information content (AvgIpc) is 3.14. The van der Waals surface area contributed by atoms with Gasteiger partial charge in [0.2, 0.25) is 0 Å². The second kappa shape index (κ2) is 4.57. The van der Waals surface area contributed by atoms with Crippen molar-refractivity contribution in [2.75, 3.05) is 5.73 Å². The molecule has 3 heterocycles. The van der Waals surface area contributed by atoms with Crippen molar-refractivity contribution in [3.63, 3.8) is 0 Å². The van der Waals surface area contributed by atoms with Crippen molar-refractivity contribution in [2.45, 2.75) is 0 Å². The molecule has 4 aromatic rings. The molecule has 0 bridgehead atoms. The summed E-state index contributed by atoms with van der Waals surface area (Å²) >= 11 is 7.66. The molecule has 0 radical (unpaired) electrons. The summed E-state index contributed by atoms with van der Waals surface area (Å²) in [5, 5.41) is 8.34. The second-order valence-corrected chi connectivity index (χ2v) is 5.84. The first-order valence-electron chi connectivity index (χ1n) is 6.12. The zero-order chi connectivity index (χ0) is 14.4. The summed E-state index contributed by atoms with van der Waals surface area (Å²) in [5.74, 6) is 0.714. The van der Waals surface area contributed by atoms with Gasteiger partial charge in [-0.15, -0.1) is 0 Å². The van der Waals surface area contributed by atoms with Gasteiger partial charge in [-0.1, -0.05) is 41.1 Å². The van der Waals surface area contributed by atoms with E-state index < -0.39 is 0 Å². The van der Waals surface area contributed by atoms with E-state index in [1.807, 2.05) is 28.8 Å². The molecule has 4 rings (SSSR count). The van der Waals surface area contributed by atoms with Crippen LogP contribution in [0.1, 0.15) is 0 Å². The Balaban J connectivity index is 1.95. The number of imidazole rings is 1. The van der Waals surface area contributed by atoms with Crippen LogP contribution in [0, 0.1) is 0 Å². The fraction of sp³-hybridized carbons (Fsp3) is 0. The number of benzene rings is 1. The number of nitrogen functional groups attached to an aromatic ring is 1. The number of nitrogens with one attached hydrogen (secondary N) is 1. The zero-order valence-corrected chi connectivity index (χ0v) is 12.2. The summed E-state index contributed by atoms with van der Waals surface area (Å²) in [6.07, 6.45) is 3.45. The third kappa shape index (κ3) is 1.90. The van der Waals surface area contributed by atoms with E-state index in [0.717, 1.165) is 16.0 Å². The maximum Gasteiger partial charge on any atom is 0.182 e. The molecule has 3 N–H and O–H groups in total. The Bertz CT molecular complexity index is 937. The van der Waals surface area contributed by atoms with Crippen LogP contribution in [-0.2, 0) is 0 Å². The van der Waals surface area contributed by atoms with Crippen molar-refractivity contribution >= 4 is 38.4 Å². The lowest BCUT2D eigenvalue weighted by molar-refractivity contribution is 0.968. The highest BCUT2D eigenvalue weighted by Crippen LogP contribution is 2.32. The van der Waals surface area contributed by atoms with Crippen molar-refractivity contribution < 1.29 is 0 Å². The molecule has 0 fully saturated rings. The minimum atomic E-state index is 0.499. The lowest BCUT2D eigenvalue weighted by Gasteiger charge is -2.06. The molecule has 0 aliphatic heterocycles. The zero-order valence-electron chi connectivity index (χ0n) is 10.6. The van der Waals surface area contributed by atoms with Crippen LogP contribution in [0.15, 0.2) is 36.8 Å². The topological polar surface area (TPSA) is 85.4 Å². The summed E-state index contributed by atoms with van der Waals surface area (Å²) in [6.45, 7) is 0. The number of nitrogens with zero attached hydrogens (tertiary/aromatic N) is 4. The summed E-state index contributed by atoms with van der Waals surface area (Å²) in [6, 6.07) is 7.62. The quantitative estimate of drug-likeness (QED) is 0.595. The van der Waals surface area contributed by atoms with E-state index in [9.17, 15) is 0 Å². The molecule has 0 unspecified atom stereocenters. The maximum absolute atomic E-state index is 6.27. The van der Waals surface area contributed by atoms with E-state index in [-0.39, 0.29) is 0 Å². The molecular weight excluding hydrogens is 308 g/mol. The number of hydrogen-bond acceptors (Lipinski definition) is 5. The second-order valence-electron chi connectivity index (χ2n) is 4.41. The van der Waals surface area contributed by atoms with Gasteiger partial charge in [0.15, 0.2) is 16.6 Å². The Hall–Kier alpha value is -2.38. The molecular formula is C13H9ClN6S. The van der Waals surface area contributed by atoms with Crippen LogP contribution in [0.3, 0.4) is 0 Å². The maximum atomic E-state index is 6.27. The Morgan fingerprint density at radius 2 is 2.14 bits per heavy atom. The number of thiazole rings is 1. The van der Waals surface area contributed by atoms with Gasteiger partial charge in [0.05, 0.1) is 11.9 Å². The lowest BCUT2D eigenvalue weighted by atomic mass is 10.1. The van der Waals surface area contributed by atoms with E-state index in [0.29, 0.717) is 21.6 Å². The summed E-state index contributed by atoms with van der Waals surface area (Å²) in [4.78, 5) is 8.39. The number of fused-ring (bicyclic) bond motifs is 1. The van der Waals surface area contributed by atoms with Crippen LogP contribution in [0.2, 0.25) is 5.02 Å². The molecule has 0 aliphatic carbocycles. The predicted octanol–water partition coefficient (Wildman–Crippen LogP) is 3.11. The van der Waals surface area contributed by atoms with Crippen molar-refractivity contribution in [3.05, 3.63) is 41.8 Å². The SMILES string of the molecule is Nc1nc2[nH]nc(-n3cncc3-c3ccccc3Cl)c2s1. The number of aromatic amines is 1. The fourth-order valence-corrected chi connectivity index (χ4v) is 3.22. The van der Waals surface area contributed by atoms with Gasteiger partial charge in [0.25, 0.3) is 0 Å². The Morgan fingerprint density at radius 3 is 3.00 bits per heavy atom. The first-order chi connectivity index (χ1) is 10.2. The van der Waals surface area contributed by atoms with Crippen molar-refractivity contribution in [1.82, 2.24) is 24.7 Å². The monoisotopic (exact) mass is 316 g/mol. The fourth-order valence-electron chi connectivity index (χ4n) is 2.22. The highest BCUT2D eigenvalue weighted by Gasteiger charge is 2.16. The van der Waals surface area contributed by atoms with Crippen molar-refractivity contribution in [1.29, 1.82) is 0 Å². The molecule has 3 aromatic heterocycles. The number of H-pyrrole nitrogens is 1. The van der Waals surface area contributed by atoms with Gasteiger partial charge in [0, 0.05) is 10.6 Å². The molecule has 0 amide bonds. The van der Waals surface area contributed by atoms with Crippen LogP contribution in [-0.4, -0.2) is 24.7 Å². The third-order valence-electron chi connectivity index (χ3n) is 3.13. The molecule has 0 atom stereocenters. The van der Waals surface area contributed by atoms with E-state index in [1.54, 1.807) is 12.5 Å². The Labute approximate surface area is 128 Å². The van der Waals surface area contributed by atoms with E-state index in [2.05, 4.69) is 20.2 Å². The third-order valence-corrected chi connectivity index (χ3v) is 4.34. The normalized spacial score (nSPS) is 11.3. The minimum absolute atomic E-state index is 0.499. The molecule has 21 heavy (non-hydrogen) atoms. The highest BCUT2D eigenvalue weighted by molar-refractivity contribution is 7.22. The minimum Gasteiger partial charge on any atom is -0.375 e. The molecule has 0 spiro atoms. The van der Waals surface area contributed by atoms with Gasteiger partial charge in [-0.05, 0) is 6.07 Å². The van der Waals surface area contributed by atoms with Gasteiger partial charge < -0.3 is 5.73 Å². The van der Waals surface area contributed by atoms with E-state index in [1.165, 1.54) is 11.3 Å². The average molecular weight is 317 g/mol. The summed E-state index contributed by atoms with van der Waals surface area (Å²) < 4.78 is 2.76. The first-order valence-corrected chi connectivity index (χ1v) is 7.31. The van der Waals surface area contributed by atoms with Gasteiger partial charge in [-0.25, -0.2) is 9.97 Å². The number of hydrogen-bond donors (Lipinski definition) is 2. The van der Waals surface area contributed by atoms with Gasteiger partial charge >= 0.3 is 0 Å². The van der Waals surface area contributed by atoms with Crippen molar-refractivity contribution in [2.24, 2.45) is 0 Å². The van der Waals surface area contributed by atoms with Crippen LogP contribution < -0.4 is 5.73 Å². The van der Waals surface area contributed by atoms with Crippen LogP contribution in [0.4, 0.5) is 5.13 Å². The standard InChI is InChI=1S/C13H9ClN6S/c14-8-4-2-1-3-7(8)9-5-16-6-20(9)12-10-11(18-19-12)17-13(15)21-10/h1-6H,(H3,15,17,18,19). The van der Waals surface area contributed by atoms with Gasteiger partial charge in [-0.3, -0.25) is 9.67 Å². The van der Waals surface area contributed by atoms with Crippen LogP contribution >= 0.6 is 22.9 Å². The molecule has 6 nitrogen and oxygen atoms in total. The predicted molar refractivity (Wildman–Crippen MR) is 83.7 cm³/mol. The summed E-state index contributed by atoms with van der Waals surface area (Å²) in [5.41, 5.74) is 8.17. The summed E-state index contributed by atoms with van der Waals surface area (Å²) in [7, 11) is 0. The van der Waals surface area contributed by atoms with Crippen molar-refractivity contribution in [3.8, 4) is 17.1 Å². The van der Waals surface area contributed by atoms with Crippen LogP contribution in [0.25, 0.3) is 27.4 Å². The molecule has 104 valence electrons. The number of aromatic nitrogens is 5.